The first-order valence-corrected chi connectivity index (χ1v) is 9.06. The van der Waals surface area contributed by atoms with E-state index in [9.17, 15) is 10.2 Å². The predicted octanol–water partition coefficient (Wildman–Crippen LogP) is 2.96. The molecule has 0 amide bonds. The average Bonchev–Trinajstić information content (AvgIpc) is 2.50. The van der Waals surface area contributed by atoms with E-state index < -0.39 is 0 Å². The molecule has 1 rings (SSSR count). The quantitative estimate of drug-likeness (QED) is 0.576. The van der Waals surface area contributed by atoms with Gasteiger partial charge in [0.1, 0.15) is 0 Å². The van der Waals surface area contributed by atoms with Crippen molar-refractivity contribution in [1.29, 1.82) is 0 Å². The zero-order chi connectivity index (χ0) is 16.4. The van der Waals surface area contributed by atoms with E-state index in [0.717, 1.165) is 32.4 Å². The molecule has 0 unspecified atom stereocenters. The Morgan fingerprint density at radius 1 is 1.09 bits per heavy atom. The highest BCUT2D eigenvalue weighted by atomic mass is 16.5. The van der Waals surface area contributed by atoms with Crippen molar-refractivity contribution in [3.05, 3.63) is 0 Å². The summed E-state index contributed by atoms with van der Waals surface area (Å²) in [5.74, 6) is 0. The van der Waals surface area contributed by atoms with Crippen LogP contribution in [0.3, 0.4) is 0 Å². The standard InChI is InChI=1S/C18H37NO3/c1-18(2,22-3)11-8-6-4-5-7-9-12-19-13-10-17(21)14-16(19)15-20/h16-17,20-21H,4-15H2,1-3H3/t16-,17+/m0/s1. The van der Waals surface area contributed by atoms with Crippen LogP contribution in [0.1, 0.15) is 71.6 Å². The Balaban J connectivity index is 1.99. The summed E-state index contributed by atoms with van der Waals surface area (Å²) in [7, 11) is 1.79. The van der Waals surface area contributed by atoms with Crippen LogP contribution in [-0.2, 0) is 4.74 Å². The van der Waals surface area contributed by atoms with Gasteiger partial charge in [-0.2, -0.15) is 0 Å². The van der Waals surface area contributed by atoms with Crippen LogP contribution in [0.4, 0.5) is 0 Å². The van der Waals surface area contributed by atoms with E-state index >= 15 is 0 Å². The molecule has 1 aliphatic heterocycles. The second kappa shape index (κ2) is 10.6. The highest BCUT2D eigenvalue weighted by Crippen LogP contribution is 2.20. The molecule has 0 bridgehead atoms. The van der Waals surface area contributed by atoms with E-state index in [1.165, 1.54) is 38.5 Å². The van der Waals surface area contributed by atoms with Crippen molar-refractivity contribution < 1.29 is 14.9 Å². The zero-order valence-electron chi connectivity index (χ0n) is 14.9. The van der Waals surface area contributed by atoms with Gasteiger partial charge in [-0.05, 0) is 46.1 Å². The minimum atomic E-state index is -0.218. The molecule has 4 nitrogen and oxygen atoms in total. The number of ether oxygens (including phenoxy) is 1. The number of hydrogen-bond acceptors (Lipinski definition) is 4. The molecule has 4 heteroatoms. The van der Waals surface area contributed by atoms with Gasteiger partial charge >= 0.3 is 0 Å². The molecule has 0 aromatic heterocycles. The Bertz CT molecular complexity index is 284. The van der Waals surface area contributed by atoms with E-state index in [0.29, 0.717) is 0 Å². The molecule has 0 aliphatic carbocycles. The maximum absolute atomic E-state index is 9.65. The van der Waals surface area contributed by atoms with Crippen LogP contribution in [-0.4, -0.2) is 59.7 Å². The highest BCUT2D eigenvalue weighted by Gasteiger charge is 2.26. The maximum Gasteiger partial charge on any atom is 0.0622 e. The number of piperidine rings is 1. The first-order chi connectivity index (χ1) is 10.5. The molecule has 0 aromatic carbocycles. The summed E-state index contributed by atoms with van der Waals surface area (Å²) in [5, 5.41) is 19.1. The van der Waals surface area contributed by atoms with E-state index in [1.54, 1.807) is 7.11 Å². The van der Waals surface area contributed by atoms with Gasteiger partial charge in [-0.1, -0.05) is 32.1 Å². The lowest BCUT2D eigenvalue weighted by molar-refractivity contribution is 0.0133. The molecule has 132 valence electrons. The van der Waals surface area contributed by atoms with Crippen molar-refractivity contribution in [1.82, 2.24) is 4.90 Å². The van der Waals surface area contributed by atoms with Gasteiger partial charge in [-0.15, -0.1) is 0 Å². The normalized spacial score (nSPS) is 23.9. The molecule has 0 saturated carbocycles. The van der Waals surface area contributed by atoms with Gasteiger partial charge in [0, 0.05) is 19.7 Å². The number of unbranched alkanes of at least 4 members (excludes halogenated alkanes) is 5. The van der Waals surface area contributed by atoms with Crippen LogP contribution >= 0.6 is 0 Å². The maximum atomic E-state index is 9.65. The number of methoxy groups -OCH3 is 1. The fourth-order valence-corrected chi connectivity index (χ4v) is 3.24. The molecule has 1 saturated heterocycles. The molecular weight excluding hydrogens is 278 g/mol. The number of rotatable bonds is 11. The van der Waals surface area contributed by atoms with Crippen molar-refractivity contribution in [3.8, 4) is 0 Å². The molecular formula is C18H37NO3. The summed E-state index contributed by atoms with van der Waals surface area (Å²) < 4.78 is 5.43. The van der Waals surface area contributed by atoms with Crippen molar-refractivity contribution in [2.45, 2.75) is 89.4 Å². The lowest BCUT2D eigenvalue weighted by atomic mass is 9.98. The minimum absolute atomic E-state index is 0.0259. The topological polar surface area (TPSA) is 52.9 Å². The molecule has 22 heavy (non-hydrogen) atoms. The van der Waals surface area contributed by atoms with Crippen molar-refractivity contribution >= 4 is 0 Å². The first kappa shape index (κ1) is 19.9. The lowest BCUT2D eigenvalue weighted by Gasteiger charge is -2.36. The van der Waals surface area contributed by atoms with Crippen LogP contribution < -0.4 is 0 Å². The smallest absolute Gasteiger partial charge is 0.0622 e. The molecule has 1 aliphatic rings. The third-order valence-electron chi connectivity index (χ3n) is 5.05. The first-order valence-electron chi connectivity index (χ1n) is 9.06. The Morgan fingerprint density at radius 3 is 2.36 bits per heavy atom. The van der Waals surface area contributed by atoms with Crippen molar-refractivity contribution in [3.63, 3.8) is 0 Å². The number of aliphatic hydroxyl groups is 2. The monoisotopic (exact) mass is 315 g/mol. The number of hydrogen-bond donors (Lipinski definition) is 2. The fraction of sp³-hybridized carbons (Fsp3) is 1.00. The largest absolute Gasteiger partial charge is 0.395 e. The summed E-state index contributed by atoms with van der Waals surface area (Å²) in [5.41, 5.74) is 0.0259. The summed E-state index contributed by atoms with van der Waals surface area (Å²) in [4.78, 5) is 2.35. The molecule has 0 spiro atoms. The minimum Gasteiger partial charge on any atom is -0.395 e. The number of likely N-dealkylation sites (tertiary alicyclic amines) is 1. The van der Waals surface area contributed by atoms with Gasteiger partial charge in [0.15, 0.2) is 0 Å². The van der Waals surface area contributed by atoms with Gasteiger partial charge in [0.05, 0.1) is 18.3 Å². The fourth-order valence-electron chi connectivity index (χ4n) is 3.24. The number of aliphatic hydroxyl groups excluding tert-OH is 2. The van der Waals surface area contributed by atoms with Crippen LogP contribution in [0.2, 0.25) is 0 Å². The van der Waals surface area contributed by atoms with E-state index in [4.69, 9.17) is 4.74 Å². The van der Waals surface area contributed by atoms with E-state index in [-0.39, 0.29) is 24.4 Å². The van der Waals surface area contributed by atoms with E-state index in [1.807, 2.05) is 0 Å². The Kier molecular flexibility index (Phi) is 9.57. The third kappa shape index (κ3) is 7.91. The zero-order valence-corrected chi connectivity index (χ0v) is 14.9. The Labute approximate surface area is 136 Å². The molecule has 0 radical (unpaired) electrons. The molecule has 1 heterocycles. The third-order valence-corrected chi connectivity index (χ3v) is 5.05. The summed E-state index contributed by atoms with van der Waals surface area (Å²) in [6, 6.07) is 0.167. The van der Waals surface area contributed by atoms with Crippen LogP contribution in [0.15, 0.2) is 0 Å². The average molecular weight is 315 g/mol. The van der Waals surface area contributed by atoms with E-state index in [2.05, 4.69) is 18.7 Å². The Hall–Kier alpha value is -0.160. The molecule has 2 atom stereocenters. The lowest BCUT2D eigenvalue weighted by Crippen LogP contribution is -2.46. The summed E-state index contributed by atoms with van der Waals surface area (Å²) >= 11 is 0. The van der Waals surface area contributed by atoms with Gasteiger partial charge in [-0.25, -0.2) is 0 Å². The van der Waals surface area contributed by atoms with Crippen LogP contribution in [0, 0.1) is 0 Å². The molecule has 2 N–H and O–H groups in total. The Morgan fingerprint density at radius 2 is 1.73 bits per heavy atom. The van der Waals surface area contributed by atoms with Crippen LogP contribution in [0.5, 0.6) is 0 Å². The second-order valence-corrected chi connectivity index (χ2v) is 7.39. The second-order valence-electron chi connectivity index (χ2n) is 7.39. The van der Waals surface area contributed by atoms with Crippen LogP contribution in [0.25, 0.3) is 0 Å². The highest BCUT2D eigenvalue weighted by molar-refractivity contribution is 4.80. The van der Waals surface area contributed by atoms with Gasteiger partial charge in [0.2, 0.25) is 0 Å². The summed E-state index contributed by atoms with van der Waals surface area (Å²) in [6.45, 7) is 6.47. The molecule has 0 aromatic rings. The number of nitrogens with zero attached hydrogens (tertiary/aromatic N) is 1. The van der Waals surface area contributed by atoms with Gasteiger partial charge in [0.25, 0.3) is 0 Å². The molecule has 1 fully saturated rings. The van der Waals surface area contributed by atoms with Crippen molar-refractivity contribution in [2.24, 2.45) is 0 Å². The van der Waals surface area contributed by atoms with Gasteiger partial charge < -0.3 is 14.9 Å². The van der Waals surface area contributed by atoms with Gasteiger partial charge in [-0.3, -0.25) is 4.90 Å². The SMILES string of the molecule is COC(C)(C)CCCCCCCCN1CC[C@@H](O)C[C@H]1CO. The van der Waals surface area contributed by atoms with Crippen molar-refractivity contribution in [2.75, 3.05) is 26.8 Å². The predicted molar refractivity (Wildman–Crippen MR) is 91.1 cm³/mol. The summed E-state index contributed by atoms with van der Waals surface area (Å²) in [6.07, 6.45) is 10.1.